The number of hydrogen-bond donors (Lipinski definition) is 0. The lowest BCUT2D eigenvalue weighted by Crippen LogP contribution is -2.47. The molecule has 0 bridgehead atoms. The van der Waals surface area contributed by atoms with Gasteiger partial charge in [-0.25, -0.2) is 4.39 Å². The number of alkyl halides is 3. The van der Waals surface area contributed by atoms with Gasteiger partial charge < -0.3 is 9.80 Å². The van der Waals surface area contributed by atoms with Gasteiger partial charge in [-0.15, -0.1) is 0 Å². The second-order valence-corrected chi connectivity index (χ2v) is 7.21. The van der Waals surface area contributed by atoms with E-state index in [0.29, 0.717) is 38.3 Å². The molecule has 142 valence electrons. The Kier molecular flexibility index (Phi) is 4.71. The van der Waals surface area contributed by atoms with Crippen LogP contribution in [0.15, 0.2) is 18.2 Å². The monoisotopic (exact) mass is 372 g/mol. The van der Waals surface area contributed by atoms with Crippen LogP contribution in [-0.4, -0.2) is 47.8 Å². The third-order valence-electron chi connectivity index (χ3n) is 5.35. The van der Waals surface area contributed by atoms with Crippen LogP contribution in [0.2, 0.25) is 0 Å². The summed E-state index contributed by atoms with van der Waals surface area (Å²) in [5, 5.41) is 0. The van der Waals surface area contributed by atoms with Gasteiger partial charge in [0, 0.05) is 44.1 Å². The van der Waals surface area contributed by atoms with Crippen LogP contribution < -0.4 is 0 Å². The highest BCUT2D eigenvalue weighted by Gasteiger charge is 2.43. The number of benzene rings is 1. The summed E-state index contributed by atoms with van der Waals surface area (Å²) in [5.41, 5.74) is -1.80. The summed E-state index contributed by atoms with van der Waals surface area (Å²) in [5.74, 6) is -1.94. The van der Waals surface area contributed by atoms with E-state index in [2.05, 4.69) is 0 Å². The van der Waals surface area contributed by atoms with Gasteiger partial charge in [-0.05, 0) is 37.5 Å². The zero-order valence-corrected chi connectivity index (χ0v) is 14.4. The van der Waals surface area contributed by atoms with Crippen LogP contribution in [0.3, 0.4) is 0 Å². The Morgan fingerprint density at radius 1 is 1.08 bits per heavy atom. The second kappa shape index (κ2) is 6.55. The number of carbonyl (C=O) groups excluding carboxylic acids is 2. The summed E-state index contributed by atoms with van der Waals surface area (Å²) < 4.78 is 52.1. The summed E-state index contributed by atoms with van der Waals surface area (Å²) in [7, 11) is 0. The number of likely N-dealkylation sites (tertiary alicyclic amines) is 2. The predicted molar refractivity (Wildman–Crippen MR) is 85.8 cm³/mol. The van der Waals surface area contributed by atoms with E-state index in [4.69, 9.17) is 0 Å². The first-order valence-corrected chi connectivity index (χ1v) is 8.53. The van der Waals surface area contributed by atoms with Gasteiger partial charge >= 0.3 is 6.18 Å². The lowest BCUT2D eigenvalue weighted by molar-refractivity contribution is -0.140. The fourth-order valence-corrected chi connectivity index (χ4v) is 3.98. The van der Waals surface area contributed by atoms with Gasteiger partial charge in [-0.3, -0.25) is 9.59 Å². The maximum absolute atomic E-state index is 13.4. The van der Waals surface area contributed by atoms with Crippen LogP contribution >= 0.6 is 0 Å². The Morgan fingerprint density at radius 2 is 1.77 bits per heavy atom. The summed E-state index contributed by atoms with van der Waals surface area (Å²) in [6.07, 6.45) is -2.48. The van der Waals surface area contributed by atoms with Crippen LogP contribution in [-0.2, 0) is 11.0 Å². The highest BCUT2D eigenvalue weighted by molar-refractivity contribution is 5.94. The molecule has 0 saturated carbocycles. The van der Waals surface area contributed by atoms with Crippen molar-refractivity contribution in [2.45, 2.75) is 32.4 Å². The first-order chi connectivity index (χ1) is 12.1. The molecule has 0 aromatic heterocycles. The van der Waals surface area contributed by atoms with Crippen LogP contribution in [0.1, 0.15) is 42.1 Å². The summed E-state index contributed by atoms with van der Waals surface area (Å²) in [4.78, 5) is 27.5. The third kappa shape index (κ3) is 3.54. The van der Waals surface area contributed by atoms with Gasteiger partial charge in [0.05, 0.1) is 5.56 Å². The number of carbonyl (C=O) groups is 2. The maximum Gasteiger partial charge on any atom is 0.419 e. The molecule has 2 fully saturated rings. The Hall–Kier alpha value is -2.12. The number of rotatable bonds is 1. The molecule has 1 aromatic carbocycles. The Bertz CT molecular complexity index is 734. The van der Waals surface area contributed by atoms with Gasteiger partial charge in [0.15, 0.2) is 0 Å². The molecular weight excluding hydrogens is 352 g/mol. The van der Waals surface area contributed by atoms with Crippen LogP contribution in [0.4, 0.5) is 17.6 Å². The van der Waals surface area contributed by atoms with E-state index >= 15 is 0 Å². The lowest BCUT2D eigenvalue weighted by Gasteiger charge is -2.40. The van der Waals surface area contributed by atoms with E-state index in [-0.39, 0.29) is 16.9 Å². The van der Waals surface area contributed by atoms with Gasteiger partial charge in [-0.1, -0.05) is 0 Å². The quantitative estimate of drug-likeness (QED) is 0.710. The summed E-state index contributed by atoms with van der Waals surface area (Å²) >= 11 is 0. The van der Waals surface area contributed by atoms with Crippen LogP contribution in [0, 0.1) is 11.2 Å². The van der Waals surface area contributed by atoms with E-state index in [0.717, 1.165) is 25.3 Å². The average molecular weight is 372 g/mol. The van der Waals surface area contributed by atoms with Crippen molar-refractivity contribution in [3.63, 3.8) is 0 Å². The Balaban J connectivity index is 1.79. The van der Waals surface area contributed by atoms with Crippen LogP contribution in [0.5, 0.6) is 0 Å². The van der Waals surface area contributed by atoms with E-state index < -0.39 is 23.5 Å². The van der Waals surface area contributed by atoms with Gasteiger partial charge in [0.25, 0.3) is 5.91 Å². The molecule has 2 amide bonds. The van der Waals surface area contributed by atoms with Crippen molar-refractivity contribution >= 4 is 11.8 Å². The molecule has 1 unspecified atom stereocenters. The minimum absolute atomic E-state index is 0.0151. The molecule has 1 aromatic rings. The van der Waals surface area contributed by atoms with Crippen LogP contribution in [0.25, 0.3) is 0 Å². The molecule has 3 rings (SSSR count). The van der Waals surface area contributed by atoms with Crippen molar-refractivity contribution in [2.75, 3.05) is 26.2 Å². The number of amides is 2. The van der Waals surface area contributed by atoms with Crippen molar-refractivity contribution in [3.05, 3.63) is 35.1 Å². The lowest BCUT2D eigenvalue weighted by atomic mass is 9.79. The SMILES string of the molecule is CC(=O)N1CCC2(CCCN(C(=O)c3ccc(F)c(C(F)(F)F)c3)C2)C1. The minimum Gasteiger partial charge on any atom is -0.342 e. The van der Waals surface area contributed by atoms with Crippen molar-refractivity contribution in [2.24, 2.45) is 5.41 Å². The topological polar surface area (TPSA) is 40.6 Å². The second-order valence-electron chi connectivity index (χ2n) is 7.21. The zero-order chi connectivity index (χ0) is 19.1. The normalized spacial score (nSPS) is 23.6. The Morgan fingerprint density at radius 3 is 2.38 bits per heavy atom. The largest absolute Gasteiger partial charge is 0.419 e. The van der Waals surface area contributed by atoms with Crippen molar-refractivity contribution < 1.29 is 27.2 Å². The molecular formula is C18H20F4N2O2. The standard InChI is InChI=1S/C18H20F4N2O2/c1-12(25)23-8-6-17(10-23)5-2-7-24(11-17)16(26)13-3-4-15(19)14(9-13)18(20,21)22/h3-4,9H,2,5-8,10-11H2,1H3. The zero-order valence-electron chi connectivity index (χ0n) is 14.4. The smallest absolute Gasteiger partial charge is 0.342 e. The van der Waals surface area contributed by atoms with E-state index in [9.17, 15) is 27.2 Å². The fraction of sp³-hybridized carbons (Fsp3) is 0.556. The first kappa shape index (κ1) is 18.7. The van der Waals surface area contributed by atoms with Gasteiger partial charge in [0.1, 0.15) is 5.82 Å². The van der Waals surface area contributed by atoms with E-state index in [1.165, 1.54) is 11.8 Å². The highest BCUT2D eigenvalue weighted by Crippen LogP contribution is 2.39. The first-order valence-electron chi connectivity index (χ1n) is 8.53. The highest BCUT2D eigenvalue weighted by atomic mass is 19.4. The molecule has 8 heteroatoms. The molecule has 2 saturated heterocycles. The molecule has 26 heavy (non-hydrogen) atoms. The van der Waals surface area contributed by atoms with E-state index in [1.54, 1.807) is 4.90 Å². The minimum atomic E-state index is -4.85. The van der Waals surface area contributed by atoms with Gasteiger partial charge in [-0.2, -0.15) is 13.2 Å². The molecule has 1 spiro atoms. The summed E-state index contributed by atoms with van der Waals surface area (Å²) in [6.45, 7) is 3.53. The van der Waals surface area contributed by atoms with Gasteiger partial charge in [0.2, 0.25) is 5.91 Å². The molecule has 0 aliphatic carbocycles. The number of hydrogen-bond acceptors (Lipinski definition) is 2. The van der Waals surface area contributed by atoms with Crippen molar-refractivity contribution in [3.8, 4) is 0 Å². The molecule has 1 atom stereocenters. The number of halogens is 4. The Labute approximate surface area is 148 Å². The third-order valence-corrected chi connectivity index (χ3v) is 5.35. The van der Waals surface area contributed by atoms with E-state index in [1.807, 2.05) is 0 Å². The van der Waals surface area contributed by atoms with Crippen molar-refractivity contribution in [1.82, 2.24) is 9.80 Å². The number of piperidine rings is 1. The maximum atomic E-state index is 13.4. The number of nitrogens with zero attached hydrogens (tertiary/aromatic N) is 2. The molecule has 2 aliphatic rings. The predicted octanol–water partition coefficient (Wildman–Crippen LogP) is 3.32. The summed E-state index contributed by atoms with van der Waals surface area (Å²) in [6, 6.07) is 2.35. The molecule has 0 N–H and O–H groups in total. The molecule has 2 heterocycles. The van der Waals surface area contributed by atoms with Crippen molar-refractivity contribution in [1.29, 1.82) is 0 Å². The average Bonchev–Trinajstić information content (AvgIpc) is 2.97. The fourth-order valence-electron chi connectivity index (χ4n) is 3.98. The molecule has 4 nitrogen and oxygen atoms in total. The molecule has 2 aliphatic heterocycles. The molecule has 0 radical (unpaired) electrons.